The molecule has 3 aromatic carbocycles. The van der Waals surface area contributed by atoms with E-state index in [1.807, 2.05) is 0 Å². The predicted molar refractivity (Wildman–Crippen MR) is 107 cm³/mol. The third-order valence-electron chi connectivity index (χ3n) is 5.47. The number of hydrogen-bond acceptors (Lipinski definition) is 2. The van der Waals surface area contributed by atoms with Gasteiger partial charge in [0.15, 0.2) is 0 Å². The quantitative estimate of drug-likeness (QED) is 0.248. The molecular weight excluding hydrogens is 527 g/mol. The summed E-state index contributed by atoms with van der Waals surface area (Å²) in [6.45, 7) is 0.238. The van der Waals surface area contributed by atoms with Gasteiger partial charge in [0, 0.05) is 11.1 Å². The number of halogens is 7. The first-order valence-corrected chi connectivity index (χ1v) is 9.94. The molecule has 4 rings (SSSR count). The Hall–Kier alpha value is -1.61. The van der Waals surface area contributed by atoms with Crippen molar-refractivity contribution in [3.8, 4) is 11.5 Å². The Bertz CT molecular complexity index is 1100. The highest BCUT2D eigenvalue weighted by Gasteiger charge is 2.75. The van der Waals surface area contributed by atoms with Gasteiger partial charge in [-0.05, 0) is 84.6 Å². The Morgan fingerprint density at radius 3 is 1.31 bits per heavy atom. The van der Waals surface area contributed by atoms with E-state index in [1.54, 1.807) is 0 Å². The van der Waals surface area contributed by atoms with E-state index in [-0.39, 0.29) is 37.4 Å². The summed E-state index contributed by atoms with van der Waals surface area (Å²) >= 11 is 6.40. The van der Waals surface area contributed by atoms with Crippen LogP contribution in [0.3, 0.4) is 0 Å². The van der Waals surface area contributed by atoms with Gasteiger partial charge in [-0.2, -0.15) is 17.6 Å². The van der Waals surface area contributed by atoms with Gasteiger partial charge in [0.05, 0.1) is 23.2 Å². The zero-order valence-corrected chi connectivity index (χ0v) is 18.4. The van der Waals surface area contributed by atoms with Gasteiger partial charge in [-0.3, -0.25) is 0 Å². The average molecular weight is 540 g/mol. The lowest BCUT2D eigenvalue weighted by atomic mass is 9.91. The van der Waals surface area contributed by atoms with Crippen LogP contribution in [0.1, 0.15) is 18.1 Å². The molecule has 0 radical (unpaired) electrons. The first-order valence-electron chi connectivity index (χ1n) is 8.36. The average Bonchev–Trinajstić information content (AvgIpc) is 2.75. The summed E-state index contributed by atoms with van der Waals surface area (Å²) in [7, 11) is 2.78. The van der Waals surface area contributed by atoms with Crippen LogP contribution in [-0.4, -0.2) is 19.9 Å². The number of methoxy groups -OCH3 is 2. The van der Waals surface area contributed by atoms with Crippen molar-refractivity contribution in [1.29, 1.82) is 0 Å². The van der Waals surface area contributed by atoms with Gasteiger partial charge in [-0.25, -0.2) is 4.39 Å². The SMILES string of the molecule is COc1cc2c(cc1Br)c1c(c3cc(Br)c(OC)cc32)C(F)(F)C(C)(F)C1(F)F. The highest BCUT2D eigenvalue weighted by atomic mass is 79.9. The van der Waals surface area contributed by atoms with Gasteiger partial charge in [-0.1, -0.05) is 0 Å². The van der Waals surface area contributed by atoms with Crippen LogP contribution in [-0.2, 0) is 11.8 Å². The molecule has 0 unspecified atom stereocenters. The van der Waals surface area contributed by atoms with Crippen LogP contribution >= 0.6 is 31.9 Å². The number of benzene rings is 3. The summed E-state index contributed by atoms with van der Waals surface area (Å²) in [4.78, 5) is 0. The highest BCUT2D eigenvalue weighted by molar-refractivity contribution is 9.11. The van der Waals surface area contributed by atoms with Gasteiger partial charge in [0.25, 0.3) is 0 Å². The first-order chi connectivity index (χ1) is 13.4. The molecule has 2 nitrogen and oxygen atoms in total. The van der Waals surface area contributed by atoms with Gasteiger partial charge < -0.3 is 9.47 Å². The molecule has 0 aliphatic heterocycles. The molecule has 1 aliphatic carbocycles. The molecule has 1 aliphatic rings. The number of rotatable bonds is 2. The number of alkyl halides is 5. The monoisotopic (exact) mass is 538 g/mol. The van der Waals surface area contributed by atoms with Crippen LogP contribution in [0, 0.1) is 0 Å². The van der Waals surface area contributed by atoms with Crippen LogP contribution < -0.4 is 9.47 Å². The van der Waals surface area contributed by atoms with Crippen LogP contribution in [0.2, 0.25) is 0 Å². The second-order valence-corrected chi connectivity index (χ2v) is 8.68. The fraction of sp³-hybridized carbons (Fsp3) is 0.300. The van der Waals surface area contributed by atoms with E-state index in [4.69, 9.17) is 9.47 Å². The van der Waals surface area contributed by atoms with E-state index < -0.39 is 28.6 Å². The first kappa shape index (κ1) is 20.7. The van der Waals surface area contributed by atoms with Crippen molar-refractivity contribution in [2.24, 2.45) is 0 Å². The highest BCUT2D eigenvalue weighted by Crippen LogP contribution is 2.65. The van der Waals surface area contributed by atoms with Gasteiger partial charge in [0.2, 0.25) is 5.67 Å². The van der Waals surface area contributed by atoms with Gasteiger partial charge in [0.1, 0.15) is 11.5 Å². The molecule has 154 valence electrons. The fourth-order valence-electron chi connectivity index (χ4n) is 3.87. The standard InChI is InChI=1S/C20H13Br2F5O2/c1-18(23)19(24,25)16-10-4-12(21)14(28-2)6-8(10)9-7-15(29-3)13(22)5-11(9)17(16)20(18,26)27/h4-7H,1-3H3. The second-order valence-electron chi connectivity index (χ2n) is 6.97. The Kier molecular flexibility index (Phi) is 4.41. The van der Waals surface area contributed by atoms with Crippen molar-refractivity contribution in [3.05, 3.63) is 44.3 Å². The summed E-state index contributed by atoms with van der Waals surface area (Å²) in [6.07, 6.45) is 0. The van der Waals surface area contributed by atoms with Crippen LogP contribution in [0.25, 0.3) is 21.5 Å². The van der Waals surface area contributed by atoms with E-state index in [0.29, 0.717) is 11.5 Å². The normalized spacial score (nSPS) is 18.8. The largest absolute Gasteiger partial charge is 0.496 e. The molecule has 0 aromatic heterocycles. The Labute approximate surface area is 179 Å². The van der Waals surface area contributed by atoms with Crippen LogP contribution in [0.5, 0.6) is 11.5 Å². The van der Waals surface area contributed by atoms with Crippen molar-refractivity contribution in [1.82, 2.24) is 0 Å². The molecule has 0 atom stereocenters. The van der Waals surface area contributed by atoms with Crippen molar-refractivity contribution in [2.45, 2.75) is 24.4 Å². The van der Waals surface area contributed by atoms with Crippen molar-refractivity contribution in [2.75, 3.05) is 14.2 Å². The minimum atomic E-state index is -4.42. The Balaban J connectivity index is 2.35. The maximum Gasteiger partial charge on any atom is 0.313 e. The van der Waals surface area contributed by atoms with Gasteiger partial charge >= 0.3 is 11.8 Å². The third kappa shape index (κ3) is 2.43. The number of hydrogen-bond donors (Lipinski definition) is 0. The van der Waals surface area contributed by atoms with Gasteiger partial charge in [-0.15, -0.1) is 0 Å². The third-order valence-corrected chi connectivity index (χ3v) is 6.71. The Morgan fingerprint density at radius 1 is 0.655 bits per heavy atom. The molecule has 0 spiro atoms. The minimum absolute atomic E-state index is 0.185. The molecule has 0 saturated heterocycles. The maximum absolute atomic E-state index is 15.1. The molecule has 3 aromatic rings. The maximum atomic E-state index is 15.1. The van der Waals surface area contributed by atoms with Crippen LogP contribution in [0.15, 0.2) is 33.2 Å². The number of ether oxygens (including phenoxy) is 2. The van der Waals surface area contributed by atoms with Crippen LogP contribution in [0.4, 0.5) is 22.0 Å². The summed E-state index contributed by atoms with van der Waals surface area (Å²) in [5.74, 6) is -8.20. The Morgan fingerprint density at radius 2 is 1.00 bits per heavy atom. The molecule has 29 heavy (non-hydrogen) atoms. The molecule has 9 heteroatoms. The summed E-state index contributed by atoms with van der Waals surface area (Å²) < 4.78 is 86.3. The molecule has 0 saturated carbocycles. The van der Waals surface area contributed by atoms with Crippen molar-refractivity contribution >= 4 is 53.4 Å². The summed E-state index contributed by atoms with van der Waals surface area (Å²) in [5.41, 5.74) is -6.13. The molecule has 0 fully saturated rings. The lowest BCUT2D eigenvalue weighted by Gasteiger charge is -2.27. The van der Waals surface area contributed by atoms with Crippen molar-refractivity contribution < 1.29 is 31.4 Å². The lowest BCUT2D eigenvalue weighted by Crippen LogP contribution is -2.44. The topological polar surface area (TPSA) is 18.5 Å². The molecule has 0 heterocycles. The zero-order chi connectivity index (χ0) is 21.5. The zero-order valence-electron chi connectivity index (χ0n) is 15.3. The molecule has 0 bridgehead atoms. The molecule has 0 N–H and O–H groups in total. The molecular formula is C20H13Br2F5O2. The number of fused-ring (bicyclic) bond motifs is 6. The van der Waals surface area contributed by atoms with Crippen molar-refractivity contribution in [3.63, 3.8) is 0 Å². The smallest absolute Gasteiger partial charge is 0.313 e. The second kappa shape index (κ2) is 6.20. The van der Waals surface area contributed by atoms with E-state index in [0.717, 1.165) is 0 Å². The minimum Gasteiger partial charge on any atom is -0.496 e. The van der Waals surface area contributed by atoms with E-state index in [2.05, 4.69) is 31.9 Å². The van der Waals surface area contributed by atoms with E-state index in [1.165, 1.54) is 38.5 Å². The fourth-order valence-corrected chi connectivity index (χ4v) is 4.88. The molecule has 0 amide bonds. The van der Waals surface area contributed by atoms with E-state index >= 15 is 17.6 Å². The lowest BCUT2D eigenvalue weighted by molar-refractivity contribution is -0.228. The predicted octanol–water partition coefficient (Wildman–Crippen LogP) is 7.46. The summed E-state index contributed by atoms with van der Waals surface area (Å²) in [6, 6.07) is 5.42. The summed E-state index contributed by atoms with van der Waals surface area (Å²) in [5, 5.41) is 0.0711. The van der Waals surface area contributed by atoms with E-state index in [9.17, 15) is 4.39 Å².